The molecule has 0 saturated carbocycles. The van der Waals surface area contributed by atoms with E-state index in [1.807, 2.05) is 12.1 Å². The van der Waals surface area contributed by atoms with Gasteiger partial charge in [0.2, 0.25) is 10.0 Å². The minimum atomic E-state index is -3.22. The van der Waals surface area contributed by atoms with Crippen molar-refractivity contribution in [2.75, 3.05) is 26.0 Å². The summed E-state index contributed by atoms with van der Waals surface area (Å²) in [4.78, 5) is 11.4. The highest BCUT2D eigenvalue weighted by Gasteiger charge is 2.03. The molecule has 1 rings (SSSR count). The molecule has 0 aliphatic rings. The molecule has 106 valence electrons. The van der Waals surface area contributed by atoms with Gasteiger partial charge in [0.05, 0.1) is 6.26 Å². The maximum absolute atomic E-state index is 11.4. The Morgan fingerprint density at radius 1 is 1.26 bits per heavy atom. The van der Waals surface area contributed by atoms with Crippen molar-refractivity contribution in [3.05, 3.63) is 28.7 Å². The average Bonchev–Trinajstić information content (AvgIpc) is 2.33. The Labute approximate surface area is 120 Å². The van der Waals surface area contributed by atoms with Crippen molar-refractivity contribution < 1.29 is 17.9 Å². The predicted octanol–water partition coefficient (Wildman–Crippen LogP) is 0.493. The van der Waals surface area contributed by atoms with Crippen LogP contribution in [0.3, 0.4) is 0 Å². The lowest BCUT2D eigenvalue weighted by atomic mass is 10.3. The van der Waals surface area contributed by atoms with Gasteiger partial charge in [0, 0.05) is 17.6 Å². The summed E-state index contributed by atoms with van der Waals surface area (Å²) in [6.45, 7) is 0.263. The van der Waals surface area contributed by atoms with E-state index in [-0.39, 0.29) is 25.6 Å². The highest BCUT2D eigenvalue weighted by atomic mass is 79.9. The maximum atomic E-state index is 11.4. The fraction of sp³-hybridized carbons (Fsp3) is 0.364. The quantitative estimate of drug-likeness (QED) is 0.701. The van der Waals surface area contributed by atoms with Crippen molar-refractivity contribution in [3.8, 4) is 5.75 Å². The summed E-state index contributed by atoms with van der Waals surface area (Å²) in [6, 6.07) is 7.09. The van der Waals surface area contributed by atoms with Crippen LogP contribution >= 0.6 is 15.9 Å². The summed E-state index contributed by atoms with van der Waals surface area (Å²) in [5.74, 6) is 0.283. The standard InChI is InChI=1S/C11H15BrN2O4S/c1-19(16,17)14-7-6-13-11(15)8-18-10-4-2-9(12)3-5-10/h2-5,14H,6-8H2,1H3,(H,13,15). The number of hydrogen-bond donors (Lipinski definition) is 2. The molecule has 0 aliphatic heterocycles. The molecule has 0 atom stereocenters. The predicted molar refractivity (Wildman–Crippen MR) is 75.5 cm³/mol. The Morgan fingerprint density at radius 2 is 1.89 bits per heavy atom. The Hall–Kier alpha value is -1.12. The van der Waals surface area contributed by atoms with E-state index < -0.39 is 10.0 Å². The van der Waals surface area contributed by atoms with Gasteiger partial charge < -0.3 is 10.1 Å². The van der Waals surface area contributed by atoms with Crippen LogP contribution in [0, 0.1) is 0 Å². The van der Waals surface area contributed by atoms with Crippen LogP contribution < -0.4 is 14.8 Å². The molecule has 0 heterocycles. The first-order valence-corrected chi connectivity index (χ1v) is 8.15. The lowest BCUT2D eigenvalue weighted by Gasteiger charge is -2.07. The molecular weight excluding hydrogens is 336 g/mol. The smallest absolute Gasteiger partial charge is 0.257 e. The van der Waals surface area contributed by atoms with E-state index in [9.17, 15) is 13.2 Å². The highest BCUT2D eigenvalue weighted by Crippen LogP contribution is 2.15. The number of halogens is 1. The van der Waals surface area contributed by atoms with Gasteiger partial charge in [-0.15, -0.1) is 0 Å². The number of carbonyl (C=O) groups is 1. The number of hydrogen-bond acceptors (Lipinski definition) is 4. The number of ether oxygens (including phenoxy) is 1. The Kier molecular flexibility index (Phi) is 6.26. The molecule has 19 heavy (non-hydrogen) atoms. The average molecular weight is 351 g/mol. The fourth-order valence-corrected chi connectivity index (χ4v) is 1.91. The summed E-state index contributed by atoms with van der Waals surface area (Å²) < 4.78 is 30.0. The summed E-state index contributed by atoms with van der Waals surface area (Å²) in [7, 11) is -3.22. The number of rotatable bonds is 7. The lowest BCUT2D eigenvalue weighted by Crippen LogP contribution is -2.36. The van der Waals surface area contributed by atoms with Gasteiger partial charge >= 0.3 is 0 Å². The van der Waals surface area contributed by atoms with E-state index in [0.29, 0.717) is 5.75 Å². The lowest BCUT2D eigenvalue weighted by molar-refractivity contribution is -0.123. The van der Waals surface area contributed by atoms with Crippen LogP contribution in [0.15, 0.2) is 28.7 Å². The third-order valence-electron chi connectivity index (χ3n) is 1.99. The Balaban J connectivity index is 2.19. The first-order valence-electron chi connectivity index (χ1n) is 5.46. The summed E-state index contributed by atoms with van der Waals surface area (Å²) in [5.41, 5.74) is 0. The van der Waals surface area contributed by atoms with Gasteiger partial charge in [0.25, 0.3) is 5.91 Å². The Bertz CT molecular complexity index is 516. The Morgan fingerprint density at radius 3 is 2.47 bits per heavy atom. The summed E-state index contributed by atoms with van der Waals surface area (Å²) in [6.07, 6.45) is 1.06. The number of sulfonamides is 1. The van der Waals surface area contributed by atoms with Gasteiger partial charge in [-0.25, -0.2) is 13.1 Å². The van der Waals surface area contributed by atoms with Gasteiger partial charge in [-0.05, 0) is 24.3 Å². The van der Waals surface area contributed by atoms with Gasteiger partial charge in [-0.3, -0.25) is 4.79 Å². The van der Waals surface area contributed by atoms with Gasteiger partial charge in [-0.2, -0.15) is 0 Å². The van der Waals surface area contributed by atoms with Crippen molar-refractivity contribution in [1.29, 1.82) is 0 Å². The van der Waals surface area contributed by atoms with Crippen molar-refractivity contribution >= 4 is 31.9 Å². The third-order valence-corrected chi connectivity index (χ3v) is 3.25. The molecule has 1 amide bonds. The first-order chi connectivity index (χ1) is 8.87. The van der Waals surface area contributed by atoms with Gasteiger partial charge in [0.1, 0.15) is 5.75 Å². The monoisotopic (exact) mass is 350 g/mol. The highest BCUT2D eigenvalue weighted by molar-refractivity contribution is 9.10. The first kappa shape index (κ1) is 15.9. The van der Waals surface area contributed by atoms with Crippen LogP contribution in [-0.4, -0.2) is 40.3 Å². The molecule has 8 heteroatoms. The van der Waals surface area contributed by atoms with Crippen molar-refractivity contribution in [3.63, 3.8) is 0 Å². The molecule has 1 aromatic carbocycles. The molecular formula is C11H15BrN2O4S. The van der Waals surface area contributed by atoms with Crippen molar-refractivity contribution in [2.24, 2.45) is 0 Å². The summed E-state index contributed by atoms with van der Waals surface area (Å²) in [5, 5.41) is 2.54. The topological polar surface area (TPSA) is 84.5 Å². The molecule has 0 aromatic heterocycles. The molecule has 0 aliphatic carbocycles. The normalized spacial score (nSPS) is 11.1. The molecule has 0 unspecified atom stereocenters. The van der Waals surface area contributed by atoms with Crippen LogP contribution in [0.25, 0.3) is 0 Å². The second-order valence-corrected chi connectivity index (χ2v) is 6.51. The molecule has 6 nitrogen and oxygen atoms in total. The van der Waals surface area contributed by atoms with Crippen LogP contribution in [-0.2, 0) is 14.8 Å². The van der Waals surface area contributed by atoms with E-state index >= 15 is 0 Å². The van der Waals surface area contributed by atoms with Crippen molar-refractivity contribution in [1.82, 2.24) is 10.0 Å². The van der Waals surface area contributed by atoms with E-state index in [1.54, 1.807) is 12.1 Å². The van der Waals surface area contributed by atoms with Crippen LogP contribution in [0.2, 0.25) is 0 Å². The van der Waals surface area contributed by atoms with Crippen molar-refractivity contribution in [2.45, 2.75) is 0 Å². The number of benzene rings is 1. The van der Waals surface area contributed by atoms with E-state index in [4.69, 9.17) is 4.74 Å². The number of carbonyl (C=O) groups excluding carboxylic acids is 1. The van der Waals surface area contributed by atoms with Crippen LogP contribution in [0.1, 0.15) is 0 Å². The zero-order chi connectivity index (χ0) is 14.3. The molecule has 1 aromatic rings. The minimum absolute atomic E-state index is 0.111. The van der Waals surface area contributed by atoms with Gasteiger partial charge in [-0.1, -0.05) is 15.9 Å². The number of amides is 1. The molecule has 0 saturated heterocycles. The zero-order valence-electron chi connectivity index (χ0n) is 10.3. The number of nitrogens with one attached hydrogen (secondary N) is 2. The van der Waals surface area contributed by atoms with E-state index in [2.05, 4.69) is 26.0 Å². The van der Waals surface area contributed by atoms with Crippen LogP contribution in [0.5, 0.6) is 5.75 Å². The second kappa shape index (κ2) is 7.46. The summed E-state index contributed by atoms with van der Waals surface area (Å²) >= 11 is 3.29. The van der Waals surface area contributed by atoms with Crippen LogP contribution in [0.4, 0.5) is 0 Å². The van der Waals surface area contributed by atoms with E-state index in [1.165, 1.54) is 0 Å². The SMILES string of the molecule is CS(=O)(=O)NCCNC(=O)COc1ccc(Br)cc1. The van der Waals surface area contributed by atoms with Gasteiger partial charge in [0.15, 0.2) is 6.61 Å². The molecule has 2 N–H and O–H groups in total. The molecule has 0 spiro atoms. The zero-order valence-corrected chi connectivity index (χ0v) is 12.8. The van der Waals surface area contributed by atoms with E-state index in [0.717, 1.165) is 10.7 Å². The molecule has 0 radical (unpaired) electrons. The molecule has 0 fully saturated rings. The largest absolute Gasteiger partial charge is 0.484 e. The minimum Gasteiger partial charge on any atom is -0.484 e. The maximum Gasteiger partial charge on any atom is 0.257 e. The molecule has 0 bridgehead atoms. The second-order valence-electron chi connectivity index (χ2n) is 3.76. The third kappa shape index (κ3) is 7.81. The fourth-order valence-electron chi connectivity index (χ4n) is 1.17.